The summed E-state index contributed by atoms with van der Waals surface area (Å²) in [5.41, 5.74) is 6.85. The summed E-state index contributed by atoms with van der Waals surface area (Å²) in [6, 6.07) is 25.5. The van der Waals surface area contributed by atoms with Gasteiger partial charge in [0.15, 0.2) is 11.3 Å². The Morgan fingerprint density at radius 1 is 0.738 bits per heavy atom. The van der Waals surface area contributed by atoms with E-state index in [2.05, 4.69) is 19.9 Å². The first-order valence-corrected chi connectivity index (χ1v) is 12.4. The highest BCUT2D eigenvalue weighted by molar-refractivity contribution is 6.58. The number of nitriles is 2. The number of rotatable bonds is 6. The third kappa shape index (κ3) is 6.67. The van der Waals surface area contributed by atoms with Gasteiger partial charge in [-0.05, 0) is 40.9 Å². The van der Waals surface area contributed by atoms with E-state index in [0.717, 1.165) is 35.1 Å². The van der Waals surface area contributed by atoms with Gasteiger partial charge in [-0.2, -0.15) is 10.5 Å². The average Bonchev–Trinajstić information content (AvgIpc) is 3.61. The van der Waals surface area contributed by atoms with Crippen LogP contribution in [0.1, 0.15) is 22.5 Å². The normalized spacial score (nSPS) is 10.2. The quantitative estimate of drug-likeness (QED) is 0.232. The Bertz CT molecular complexity index is 1890. The molecule has 4 heterocycles. The van der Waals surface area contributed by atoms with Gasteiger partial charge in [0, 0.05) is 6.54 Å². The third-order valence-corrected chi connectivity index (χ3v) is 6.29. The highest BCUT2D eigenvalue weighted by Gasteiger charge is 2.11. The van der Waals surface area contributed by atoms with Crippen molar-refractivity contribution in [3.63, 3.8) is 0 Å². The van der Waals surface area contributed by atoms with Crippen molar-refractivity contribution in [1.29, 1.82) is 10.5 Å². The molecule has 1 radical (unpaired) electrons. The molecule has 0 saturated heterocycles. The predicted molar refractivity (Wildman–Crippen MR) is 157 cm³/mol. The van der Waals surface area contributed by atoms with Crippen molar-refractivity contribution in [3.05, 3.63) is 108 Å². The van der Waals surface area contributed by atoms with E-state index in [1.165, 1.54) is 0 Å². The minimum atomic E-state index is -1.46. The first kappa shape index (κ1) is 29.6. The van der Waals surface area contributed by atoms with Crippen LogP contribution in [-0.4, -0.2) is 64.2 Å². The minimum Gasteiger partial charge on any atom is -0.450 e. The van der Waals surface area contributed by atoms with E-state index in [1.807, 2.05) is 63.7 Å². The zero-order valence-electron chi connectivity index (χ0n) is 22.1. The van der Waals surface area contributed by atoms with Crippen LogP contribution in [0, 0.1) is 22.7 Å². The minimum absolute atomic E-state index is 0. The van der Waals surface area contributed by atoms with Gasteiger partial charge in [-0.1, -0.05) is 54.0 Å². The summed E-state index contributed by atoms with van der Waals surface area (Å²) in [5, 5.41) is 44.8. The van der Waals surface area contributed by atoms with Crippen LogP contribution < -0.4 is 10.9 Å². The summed E-state index contributed by atoms with van der Waals surface area (Å²) >= 11 is 0. The van der Waals surface area contributed by atoms with Gasteiger partial charge in [0.05, 0.1) is 24.7 Å². The monoisotopic (exact) mass is 557 g/mol. The van der Waals surface area contributed by atoms with Gasteiger partial charge in [0.1, 0.15) is 29.0 Å². The maximum atomic E-state index is 9.07. The van der Waals surface area contributed by atoms with Crippen LogP contribution in [0.4, 0.5) is 0 Å². The van der Waals surface area contributed by atoms with E-state index >= 15 is 0 Å². The van der Waals surface area contributed by atoms with Crippen LogP contribution in [0.3, 0.4) is 0 Å². The maximum absolute atomic E-state index is 9.07. The number of nitrogens with zero attached hydrogens (tertiary/aromatic N) is 8. The van der Waals surface area contributed by atoms with Crippen molar-refractivity contribution in [3.8, 4) is 12.1 Å². The zero-order valence-corrected chi connectivity index (χ0v) is 22.1. The van der Waals surface area contributed by atoms with Gasteiger partial charge in [-0.3, -0.25) is 0 Å². The molecule has 6 rings (SSSR count). The van der Waals surface area contributed by atoms with E-state index in [1.54, 1.807) is 43.0 Å². The number of pyridine rings is 2. The smallest absolute Gasteiger partial charge is 0.450 e. The first-order chi connectivity index (χ1) is 20.0. The zero-order chi connectivity index (χ0) is 28.8. The molecular formula is C28H23B2N8O4. The van der Waals surface area contributed by atoms with E-state index in [0.29, 0.717) is 41.2 Å². The van der Waals surface area contributed by atoms with Gasteiger partial charge in [-0.15, -0.1) is 0 Å². The van der Waals surface area contributed by atoms with Gasteiger partial charge < -0.3 is 29.7 Å². The molecule has 0 amide bonds. The Hall–Kier alpha value is -5.37. The van der Waals surface area contributed by atoms with Crippen molar-refractivity contribution in [1.82, 2.24) is 29.1 Å². The molecule has 0 fully saturated rings. The second-order valence-corrected chi connectivity index (χ2v) is 9.03. The molecular weight excluding hydrogens is 534 g/mol. The van der Waals surface area contributed by atoms with Crippen molar-refractivity contribution < 1.29 is 20.5 Å². The second-order valence-electron chi connectivity index (χ2n) is 9.03. The molecule has 12 nitrogen and oxygen atoms in total. The van der Waals surface area contributed by atoms with Crippen LogP contribution in [0.15, 0.2) is 85.5 Å². The molecule has 0 aliphatic rings. The molecule has 0 spiro atoms. The number of fused-ring (bicyclic) bond motifs is 2. The SMILES string of the molecule is N#Cc1ccc2c(ncn2Cc2ccc([B]O)cc2)n1.N#Cc1ccc2ncn(Cc3ccc(B(O)O)cc3)c2n1.O. The lowest BCUT2D eigenvalue weighted by Gasteiger charge is -2.05. The largest absolute Gasteiger partial charge is 0.488 e. The topological polar surface area (TPSA) is 201 Å². The average molecular weight is 557 g/mol. The summed E-state index contributed by atoms with van der Waals surface area (Å²) in [6.45, 7) is 1.20. The molecule has 4 aromatic heterocycles. The Morgan fingerprint density at radius 2 is 1.33 bits per heavy atom. The standard InChI is InChI=1S/C14H11BN4O2.C14H10BN4O.H2O/c16-7-12-5-6-13-14(18-12)19(9-17-13)8-10-1-3-11(4-2-10)15(20)21;16-7-12-5-6-13-14(18-12)17-9-19(13)8-10-1-3-11(15-20)4-2-10;/h1-6,9,20-21H,8H2;1-6,9,20H,8H2;1H2. The van der Waals surface area contributed by atoms with E-state index < -0.39 is 7.12 Å². The van der Waals surface area contributed by atoms with Crippen molar-refractivity contribution >= 4 is 47.9 Å². The summed E-state index contributed by atoms with van der Waals surface area (Å²) in [6.07, 6.45) is 3.39. The Kier molecular flexibility index (Phi) is 9.39. The fourth-order valence-electron chi connectivity index (χ4n) is 4.15. The fraction of sp³-hybridized carbons (Fsp3) is 0.0714. The molecule has 0 unspecified atom stereocenters. The van der Waals surface area contributed by atoms with Gasteiger partial charge in [0.2, 0.25) is 0 Å². The molecule has 5 N–H and O–H groups in total. The molecule has 0 aliphatic heterocycles. The lowest BCUT2D eigenvalue weighted by molar-refractivity contribution is 0.426. The molecule has 14 heteroatoms. The van der Waals surface area contributed by atoms with E-state index in [-0.39, 0.29) is 5.48 Å². The Balaban J connectivity index is 0.000000189. The Morgan fingerprint density at radius 3 is 1.98 bits per heavy atom. The van der Waals surface area contributed by atoms with Crippen LogP contribution in [-0.2, 0) is 13.1 Å². The van der Waals surface area contributed by atoms with Crippen LogP contribution in [0.2, 0.25) is 0 Å². The molecule has 0 atom stereocenters. The van der Waals surface area contributed by atoms with Gasteiger partial charge in [-0.25, -0.2) is 19.9 Å². The summed E-state index contributed by atoms with van der Waals surface area (Å²) in [5.74, 6) is 0. The third-order valence-electron chi connectivity index (χ3n) is 6.29. The van der Waals surface area contributed by atoms with E-state index in [4.69, 9.17) is 25.6 Å². The van der Waals surface area contributed by atoms with E-state index in [9.17, 15) is 0 Å². The summed E-state index contributed by atoms with van der Waals surface area (Å²) < 4.78 is 3.82. The highest BCUT2D eigenvalue weighted by atomic mass is 16.4. The highest BCUT2D eigenvalue weighted by Crippen LogP contribution is 2.14. The van der Waals surface area contributed by atoms with Crippen molar-refractivity contribution in [2.75, 3.05) is 0 Å². The van der Waals surface area contributed by atoms with Gasteiger partial charge in [0.25, 0.3) is 0 Å². The number of benzene rings is 2. The Labute approximate surface area is 241 Å². The number of aromatic nitrogens is 6. The van der Waals surface area contributed by atoms with Crippen LogP contribution >= 0.6 is 0 Å². The fourth-order valence-corrected chi connectivity index (χ4v) is 4.15. The number of hydrogen-bond donors (Lipinski definition) is 3. The van der Waals surface area contributed by atoms with Crippen molar-refractivity contribution in [2.45, 2.75) is 13.1 Å². The lowest BCUT2D eigenvalue weighted by atomic mass is 9.80. The number of imidazole rings is 2. The maximum Gasteiger partial charge on any atom is 0.488 e. The second kappa shape index (κ2) is 13.3. The summed E-state index contributed by atoms with van der Waals surface area (Å²) in [4.78, 5) is 16.9. The molecule has 0 aliphatic carbocycles. The predicted octanol–water partition coefficient (Wildman–Crippen LogP) is -0.206. The molecule has 42 heavy (non-hydrogen) atoms. The van der Waals surface area contributed by atoms with Crippen LogP contribution in [0.5, 0.6) is 0 Å². The van der Waals surface area contributed by atoms with Crippen molar-refractivity contribution in [2.24, 2.45) is 0 Å². The first-order valence-electron chi connectivity index (χ1n) is 12.4. The molecule has 6 aromatic rings. The molecule has 0 saturated carbocycles. The molecule has 205 valence electrons. The summed E-state index contributed by atoms with van der Waals surface area (Å²) in [7, 11) is -0.392. The van der Waals surface area contributed by atoms with Crippen LogP contribution in [0.25, 0.3) is 22.3 Å². The molecule has 0 bridgehead atoms. The van der Waals surface area contributed by atoms with Gasteiger partial charge >= 0.3 is 14.6 Å². The molecule has 2 aromatic carbocycles. The lowest BCUT2D eigenvalue weighted by Crippen LogP contribution is -2.29. The number of hydrogen-bond acceptors (Lipinski definition) is 9.